The van der Waals surface area contributed by atoms with Gasteiger partial charge in [-0.1, -0.05) is 25.0 Å². The Kier molecular flexibility index (Phi) is 4.66. The van der Waals surface area contributed by atoms with Crippen LogP contribution in [0.15, 0.2) is 11.6 Å². The van der Waals surface area contributed by atoms with Crippen molar-refractivity contribution in [3.05, 3.63) is 11.6 Å². The molecule has 20 heavy (non-hydrogen) atoms. The number of aliphatic hydroxyl groups excluding tert-OH is 1. The van der Waals surface area contributed by atoms with E-state index in [2.05, 4.69) is 19.9 Å². The molecule has 4 atom stereocenters. The van der Waals surface area contributed by atoms with Crippen molar-refractivity contribution >= 4 is 0 Å². The van der Waals surface area contributed by atoms with E-state index >= 15 is 0 Å². The van der Waals surface area contributed by atoms with Crippen molar-refractivity contribution in [3.63, 3.8) is 0 Å². The maximum absolute atomic E-state index is 10.3. The van der Waals surface area contributed by atoms with Gasteiger partial charge in [-0.15, -0.1) is 0 Å². The molecular weight excluding hydrogens is 248 g/mol. The SMILES string of the molecule is C/C(=C/CCC(C)(C)O)C1CCC2C(O)CCCC12C. The maximum atomic E-state index is 10.3. The van der Waals surface area contributed by atoms with Gasteiger partial charge in [-0.05, 0) is 76.5 Å². The molecule has 0 aliphatic heterocycles. The Morgan fingerprint density at radius 3 is 2.65 bits per heavy atom. The number of fused-ring (bicyclic) bond motifs is 1. The maximum Gasteiger partial charge on any atom is 0.0594 e. The average Bonchev–Trinajstić information content (AvgIpc) is 2.66. The van der Waals surface area contributed by atoms with Gasteiger partial charge in [0.15, 0.2) is 0 Å². The molecule has 4 unspecified atom stereocenters. The van der Waals surface area contributed by atoms with E-state index in [1.54, 1.807) is 0 Å². The van der Waals surface area contributed by atoms with Crippen molar-refractivity contribution < 1.29 is 10.2 Å². The number of hydrogen-bond acceptors (Lipinski definition) is 2. The molecule has 2 aliphatic rings. The molecular formula is C18H32O2. The van der Waals surface area contributed by atoms with Crippen LogP contribution < -0.4 is 0 Å². The second-order valence-electron chi connectivity index (χ2n) is 8.00. The molecule has 0 bridgehead atoms. The molecule has 2 nitrogen and oxygen atoms in total. The smallest absolute Gasteiger partial charge is 0.0594 e. The normalized spacial score (nSPS) is 38.9. The largest absolute Gasteiger partial charge is 0.393 e. The van der Waals surface area contributed by atoms with Crippen LogP contribution in [0.2, 0.25) is 0 Å². The number of allylic oxidation sites excluding steroid dienone is 2. The lowest BCUT2D eigenvalue weighted by molar-refractivity contribution is -0.0110. The Morgan fingerprint density at radius 1 is 1.30 bits per heavy atom. The zero-order chi connectivity index (χ0) is 15.0. The van der Waals surface area contributed by atoms with Crippen LogP contribution in [0.3, 0.4) is 0 Å². The highest BCUT2D eigenvalue weighted by atomic mass is 16.3. The van der Waals surface area contributed by atoms with Gasteiger partial charge in [-0.3, -0.25) is 0 Å². The summed E-state index contributed by atoms with van der Waals surface area (Å²) in [6, 6.07) is 0. The molecule has 0 aromatic heterocycles. The standard InChI is InChI=1S/C18H32O2/c1-13(7-5-11-17(2,3)20)14-9-10-15-16(19)8-6-12-18(14,15)4/h7,14-16,19-20H,5-6,8-12H2,1-4H3/b13-7-. The molecule has 0 heterocycles. The Bertz CT molecular complexity index is 366. The van der Waals surface area contributed by atoms with E-state index in [-0.39, 0.29) is 6.10 Å². The highest BCUT2D eigenvalue weighted by molar-refractivity contribution is 5.15. The molecule has 2 aliphatic carbocycles. The highest BCUT2D eigenvalue weighted by Crippen LogP contribution is 2.57. The first-order valence-corrected chi connectivity index (χ1v) is 8.31. The zero-order valence-corrected chi connectivity index (χ0v) is 13.7. The van der Waals surface area contributed by atoms with Gasteiger partial charge in [0.05, 0.1) is 11.7 Å². The van der Waals surface area contributed by atoms with Crippen LogP contribution in [-0.2, 0) is 0 Å². The predicted octanol–water partition coefficient (Wildman–Crippen LogP) is 4.06. The van der Waals surface area contributed by atoms with Gasteiger partial charge < -0.3 is 10.2 Å². The third kappa shape index (κ3) is 3.28. The van der Waals surface area contributed by atoms with Gasteiger partial charge in [0.2, 0.25) is 0 Å². The van der Waals surface area contributed by atoms with Crippen LogP contribution in [0.1, 0.15) is 72.6 Å². The molecule has 0 aromatic rings. The summed E-state index contributed by atoms with van der Waals surface area (Å²) in [5.41, 5.74) is 1.21. The average molecular weight is 280 g/mol. The topological polar surface area (TPSA) is 40.5 Å². The lowest BCUT2D eigenvalue weighted by atomic mass is 9.63. The van der Waals surface area contributed by atoms with Crippen LogP contribution in [0.4, 0.5) is 0 Å². The lowest BCUT2D eigenvalue weighted by Gasteiger charge is -2.43. The number of rotatable bonds is 4. The van der Waals surface area contributed by atoms with Crippen molar-refractivity contribution in [1.82, 2.24) is 0 Å². The molecule has 0 amide bonds. The van der Waals surface area contributed by atoms with Gasteiger partial charge in [0.1, 0.15) is 0 Å². The number of hydrogen-bond donors (Lipinski definition) is 2. The minimum absolute atomic E-state index is 0.0806. The van der Waals surface area contributed by atoms with Crippen LogP contribution in [-0.4, -0.2) is 21.9 Å². The summed E-state index contributed by atoms with van der Waals surface area (Å²) >= 11 is 0. The summed E-state index contributed by atoms with van der Waals surface area (Å²) in [4.78, 5) is 0. The first-order chi connectivity index (χ1) is 9.24. The quantitative estimate of drug-likeness (QED) is 0.762. The van der Waals surface area contributed by atoms with E-state index in [1.165, 1.54) is 31.3 Å². The van der Waals surface area contributed by atoms with Crippen molar-refractivity contribution in [2.24, 2.45) is 17.3 Å². The van der Waals surface area contributed by atoms with E-state index in [4.69, 9.17) is 0 Å². The molecule has 0 spiro atoms. The van der Waals surface area contributed by atoms with E-state index < -0.39 is 5.60 Å². The van der Waals surface area contributed by atoms with Crippen molar-refractivity contribution in [2.45, 2.75) is 84.3 Å². The summed E-state index contributed by atoms with van der Waals surface area (Å²) in [7, 11) is 0. The van der Waals surface area contributed by atoms with Crippen molar-refractivity contribution in [1.29, 1.82) is 0 Å². The van der Waals surface area contributed by atoms with Gasteiger partial charge >= 0.3 is 0 Å². The first-order valence-electron chi connectivity index (χ1n) is 8.31. The van der Waals surface area contributed by atoms with Gasteiger partial charge in [-0.25, -0.2) is 0 Å². The summed E-state index contributed by atoms with van der Waals surface area (Å²) in [5, 5.41) is 20.1. The Morgan fingerprint density at radius 2 is 2.00 bits per heavy atom. The van der Waals surface area contributed by atoms with Crippen LogP contribution in [0.5, 0.6) is 0 Å². The molecule has 2 saturated carbocycles. The molecule has 0 aromatic carbocycles. The van der Waals surface area contributed by atoms with E-state index in [0.29, 0.717) is 17.3 Å². The zero-order valence-electron chi connectivity index (χ0n) is 13.7. The molecule has 2 N–H and O–H groups in total. The fourth-order valence-electron chi connectivity index (χ4n) is 4.69. The molecule has 116 valence electrons. The molecule has 0 saturated heterocycles. The van der Waals surface area contributed by atoms with E-state index in [1.807, 2.05) is 13.8 Å². The van der Waals surface area contributed by atoms with Crippen LogP contribution >= 0.6 is 0 Å². The third-order valence-electron chi connectivity index (χ3n) is 5.86. The van der Waals surface area contributed by atoms with Crippen LogP contribution in [0.25, 0.3) is 0 Å². The Balaban J connectivity index is 2.03. The number of aliphatic hydroxyl groups is 2. The fourth-order valence-corrected chi connectivity index (χ4v) is 4.69. The second-order valence-corrected chi connectivity index (χ2v) is 8.00. The Labute approximate surface area is 124 Å². The monoisotopic (exact) mass is 280 g/mol. The summed E-state index contributed by atoms with van der Waals surface area (Å²) in [6.07, 6.45) is 9.85. The van der Waals surface area contributed by atoms with Crippen molar-refractivity contribution in [2.75, 3.05) is 0 Å². The second kappa shape index (κ2) is 5.81. The fraction of sp³-hybridized carbons (Fsp3) is 0.889. The van der Waals surface area contributed by atoms with Crippen molar-refractivity contribution in [3.8, 4) is 0 Å². The molecule has 2 fully saturated rings. The van der Waals surface area contributed by atoms with E-state index in [0.717, 1.165) is 19.3 Å². The molecule has 2 heteroatoms. The summed E-state index contributed by atoms with van der Waals surface area (Å²) in [5.74, 6) is 1.13. The highest BCUT2D eigenvalue weighted by Gasteiger charge is 2.51. The summed E-state index contributed by atoms with van der Waals surface area (Å²) in [6.45, 7) is 8.40. The van der Waals surface area contributed by atoms with Crippen LogP contribution in [0, 0.1) is 17.3 Å². The third-order valence-corrected chi connectivity index (χ3v) is 5.86. The van der Waals surface area contributed by atoms with Gasteiger partial charge in [0, 0.05) is 0 Å². The minimum atomic E-state index is -0.570. The Hall–Kier alpha value is -0.340. The summed E-state index contributed by atoms with van der Waals surface area (Å²) < 4.78 is 0. The van der Waals surface area contributed by atoms with Gasteiger partial charge in [0.25, 0.3) is 0 Å². The first kappa shape index (κ1) is 16.0. The molecule has 0 radical (unpaired) electrons. The minimum Gasteiger partial charge on any atom is -0.393 e. The predicted molar refractivity (Wildman–Crippen MR) is 83.5 cm³/mol. The lowest BCUT2D eigenvalue weighted by Crippen LogP contribution is -2.40. The molecule has 2 rings (SSSR count). The van der Waals surface area contributed by atoms with Gasteiger partial charge in [-0.2, -0.15) is 0 Å². The van der Waals surface area contributed by atoms with E-state index in [9.17, 15) is 10.2 Å².